The minimum Gasteiger partial charge on any atom is -0.508 e. The third-order valence-corrected chi connectivity index (χ3v) is 3.08. The van der Waals surface area contributed by atoms with Crippen LogP contribution in [0.25, 0.3) is 0 Å². The Balaban J connectivity index is 2.52. The predicted molar refractivity (Wildman–Crippen MR) is 72.9 cm³/mol. The summed E-state index contributed by atoms with van der Waals surface area (Å²) in [5, 5.41) is 37.7. The van der Waals surface area contributed by atoms with Gasteiger partial charge in [0.15, 0.2) is 0 Å². The summed E-state index contributed by atoms with van der Waals surface area (Å²) in [6.45, 7) is 0. The number of carboxylic acids is 2. The van der Waals surface area contributed by atoms with Crippen LogP contribution in [0.2, 0.25) is 0 Å². The smallest absolute Gasteiger partial charge is 0.340 e. The Hall–Kier alpha value is -3.02. The van der Waals surface area contributed by atoms with Gasteiger partial charge >= 0.3 is 11.9 Å². The van der Waals surface area contributed by atoms with Gasteiger partial charge in [-0.1, -0.05) is 24.3 Å². The van der Waals surface area contributed by atoms with E-state index in [0.29, 0.717) is 5.56 Å². The number of hydrogen-bond donors (Lipinski definition) is 4. The third kappa shape index (κ3) is 2.79. The van der Waals surface area contributed by atoms with Crippen LogP contribution in [0.5, 0.6) is 11.5 Å². The lowest BCUT2D eigenvalue weighted by Gasteiger charge is -2.11. The molecule has 0 bridgehead atoms. The summed E-state index contributed by atoms with van der Waals surface area (Å²) in [4.78, 5) is 22.1. The quantitative estimate of drug-likeness (QED) is 0.684. The minimum atomic E-state index is -1.52. The van der Waals surface area contributed by atoms with E-state index in [2.05, 4.69) is 0 Å². The fourth-order valence-corrected chi connectivity index (χ4v) is 2.04. The molecular formula is C15H12O6. The Bertz CT molecular complexity index is 720. The van der Waals surface area contributed by atoms with Crippen LogP contribution < -0.4 is 0 Å². The predicted octanol–water partition coefficient (Wildman–Crippen LogP) is 2.09. The second kappa shape index (κ2) is 5.54. The van der Waals surface area contributed by atoms with Gasteiger partial charge in [0.1, 0.15) is 17.1 Å². The van der Waals surface area contributed by atoms with E-state index < -0.39 is 28.8 Å². The summed E-state index contributed by atoms with van der Waals surface area (Å²) in [5.74, 6) is -3.55. The van der Waals surface area contributed by atoms with Crippen molar-refractivity contribution in [2.75, 3.05) is 0 Å². The standard InChI is InChI=1S/C15H12O6/c16-11-4-2-1-3-8(11)7-9-5-6-10(14(18)19)12(13(9)17)15(20)21/h1-6,16-17H,7H2,(H,18,19)(H,20,21). The molecule has 0 saturated heterocycles. The topological polar surface area (TPSA) is 115 Å². The SMILES string of the molecule is O=C(O)c1ccc(Cc2ccccc2O)c(O)c1C(=O)O. The van der Waals surface area contributed by atoms with E-state index in [4.69, 9.17) is 10.2 Å². The lowest BCUT2D eigenvalue weighted by atomic mass is 9.97. The number of para-hydroxylation sites is 1. The maximum absolute atomic E-state index is 11.1. The molecule has 21 heavy (non-hydrogen) atoms. The van der Waals surface area contributed by atoms with E-state index in [1.165, 1.54) is 12.1 Å². The Morgan fingerprint density at radius 3 is 2.10 bits per heavy atom. The van der Waals surface area contributed by atoms with Crippen LogP contribution in [0.15, 0.2) is 36.4 Å². The van der Waals surface area contributed by atoms with E-state index >= 15 is 0 Å². The van der Waals surface area contributed by atoms with E-state index in [1.807, 2.05) is 0 Å². The van der Waals surface area contributed by atoms with Crippen molar-refractivity contribution >= 4 is 11.9 Å². The summed E-state index contributed by atoms with van der Waals surface area (Å²) >= 11 is 0. The maximum Gasteiger partial charge on any atom is 0.340 e. The average molecular weight is 288 g/mol. The van der Waals surface area contributed by atoms with E-state index in [0.717, 1.165) is 6.07 Å². The molecule has 0 fully saturated rings. The zero-order valence-electron chi connectivity index (χ0n) is 10.8. The molecule has 108 valence electrons. The number of rotatable bonds is 4. The highest BCUT2D eigenvalue weighted by Crippen LogP contribution is 2.30. The summed E-state index contributed by atoms with van der Waals surface area (Å²) < 4.78 is 0. The molecule has 0 radical (unpaired) electrons. The second-order valence-electron chi connectivity index (χ2n) is 4.41. The van der Waals surface area contributed by atoms with Crippen LogP contribution in [0.3, 0.4) is 0 Å². The average Bonchev–Trinajstić information content (AvgIpc) is 2.42. The zero-order valence-corrected chi connectivity index (χ0v) is 10.8. The fraction of sp³-hybridized carbons (Fsp3) is 0.0667. The number of carboxylic acid groups (broad SMARTS) is 2. The molecule has 0 heterocycles. The summed E-state index contributed by atoms with van der Waals surface area (Å²) in [7, 11) is 0. The summed E-state index contributed by atoms with van der Waals surface area (Å²) in [6, 6.07) is 8.87. The van der Waals surface area contributed by atoms with Gasteiger partial charge in [-0.15, -0.1) is 0 Å². The highest BCUT2D eigenvalue weighted by atomic mass is 16.4. The van der Waals surface area contributed by atoms with Crippen molar-refractivity contribution in [3.63, 3.8) is 0 Å². The molecule has 0 aliphatic carbocycles. The first-order valence-corrected chi connectivity index (χ1v) is 6.00. The lowest BCUT2D eigenvalue weighted by Crippen LogP contribution is -2.09. The molecule has 0 aromatic heterocycles. The molecular weight excluding hydrogens is 276 g/mol. The van der Waals surface area contributed by atoms with Crippen LogP contribution in [-0.4, -0.2) is 32.4 Å². The highest BCUT2D eigenvalue weighted by molar-refractivity contribution is 6.04. The molecule has 0 spiro atoms. The van der Waals surface area contributed by atoms with Gasteiger partial charge in [0.05, 0.1) is 5.56 Å². The number of phenolic OH excluding ortho intramolecular Hbond substituents is 1. The summed E-state index contributed by atoms with van der Waals surface area (Å²) in [6.07, 6.45) is 0.0820. The van der Waals surface area contributed by atoms with Gasteiger partial charge in [0.25, 0.3) is 0 Å². The molecule has 0 saturated carbocycles. The Morgan fingerprint density at radius 1 is 0.857 bits per heavy atom. The third-order valence-electron chi connectivity index (χ3n) is 3.08. The van der Waals surface area contributed by atoms with Gasteiger partial charge in [0, 0.05) is 6.42 Å². The van der Waals surface area contributed by atoms with Gasteiger partial charge in [0.2, 0.25) is 0 Å². The first-order chi connectivity index (χ1) is 9.91. The van der Waals surface area contributed by atoms with Crippen LogP contribution >= 0.6 is 0 Å². The molecule has 2 aromatic rings. The monoisotopic (exact) mass is 288 g/mol. The molecule has 0 aliphatic heterocycles. The van der Waals surface area contributed by atoms with Crippen molar-refractivity contribution in [1.29, 1.82) is 0 Å². The Kier molecular flexibility index (Phi) is 3.80. The molecule has 2 rings (SSSR count). The van der Waals surface area contributed by atoms with E-state index in [-0.39, 0.29) is 17.7 Å². The Morgan fingerprint density at radius 2 is 1.52 bits per heavy atom. The normalized spacial score (nSPS) is 10.3. The van der Waals surface area contributed by atoms with Crippen LogP contribution in [0.1, 0.15) is 31.8 Å². The van der Waals surface area contributed by atoms with Gasteiger partial charge in [-0.25, -0.2) is 9.59 Å². The summed E-state index contributed by atoms with van der Waals surface area (Å²) in [5.41, 5.74) is -0.428. The highest BCUT2D eigenvalue weighted by Gasteiger charge is 2.23. The maximum atomic E-state index is 11.1. The van der Waals surface area contributed by atoms with Crippen LogP contribution in [0, 0.1) is 0 Å². The number of phenols is 2. The molecule has 6 nitrogen and oxygen atoms in total. The molecule has 0 amide bonds. The molecule has 6 heteroatoms. The van der Waals surface area contributed by atoms with Crippen molar-refractivity contribution in [3.05, 3.63) is 58.7 Å². The van der Waals surface area contributed by atoms with E-state index in [1.54, 1.807) is 18.2 Å². The number of carbonyl (C=O) groups is 2. The molecule has 4 N–H and O–H groups in total. The van der Waals surface area contributed by atoms with Gasteiger partial charge < -0.3 is 20.4 Å². The number of aromatic carboxylic acids is 2. The van der Waals surface area contributed by atoms with E-state index in [9.17, 15) is 19.8 Å². The van der Waals surface area contributed by atoms with Crippen molar-refractivity contribution in [2.45, 2.75) is 6.42 Å². The fourth-order valence-electron chi connectivity index (χ4n) is 2.04. The Labute approximate surface area is 119 Å². The minimum absolute atomic E-state index is 0.0103. The molecule has 0 aliphatic rings. The first kappa shape index (κ1) is 14.4. The van der Waals surface area contributed by atoms with Gasteiger partial charge in [-0.3, -0.25) is 0 Å². The van der Waals surface area contributed by atoms with Crippen molar-refractivity contribution < 1.29 is 30.0 Å². The molecule has 2 aromatic carbocycles. The second-order valence-corrected chi connectivity index (χ2v) is 4.41. The largest absolute Gasteiger partial charge is 0.508 e. The molecule has 0 unspecified atom stereocenters. The molecule has 0 atom stereocenters. The van der Waals surface area contributed by atoms with Crippen molar-refractivity contribution in [1.82, 2.24) is 0 Å². The van der Waals surface area contributed by atoms with Gasteiger partial charge in [-0.2, -0.15) is 0 Å². The van der Waals surface area contributed by atoms with Gasteiger partial charge in [-0.05, 0) is 23.3 Å². The van der Waals surface area contributed by atoms with Crippen molar-refractivity contribution in [3.8, 4) is 11.5 Å². The lowest BCUT2D eigenvalue weighted by molar-refractivity contribution is 0.0648. The first-order valence-electron chi connectivity index (χ1n) is 6.00. The number of benzene rings is 2. The number of aromatic hydroxyl groups is 2. The zero-order chi connectivity index (χ0) is 15.6. The van der Waals surface area contributed by atoms with Crippen LogP contribution in [0.4, 0.5) is 0 Å². The van der Waals surface area contributed by atoms with Crippen molar-refractivity contribution in [2.24, 2.45) is 0 Å². The van der Waals surface area contributed by atoms with Crippen LogP contribution in [-0.2, 0) is 6.42 Å². The number of hydrogen-bond acceptors (Lipinski definition) is 4.